The third kappa shape index (κ3) is 3.78. The Bertz CT molecular complexity index is 1150. The molecule has 1 heterocycles. The second-order valence-electron chi connectivity index (χ2n) is 7.91. The van der Waals surface area contributed by atoms with Gasteiger partial charge in [0, 0.05) is 22.7 Å². The number of imide groups is 1. The van der Waals surface area contributed by atoms with Gasteiger partial charge >= 0.3 is 0 Å². The lowest BCUT2D eigenvalue weighted by Crippen LogP contribution is -2.50. The lowest BCUT2D eigenvalue weighted by atomic mass is 9.78. The number of allylic oxidation sites excluding steroid dienone is 2. The van der Waals surface area contributed by atoms with Crippen LogP contribution >= 0.6 is 11.6 Å². The van der Waals surface area contributed by atoms with Crippen LogP contribution in [0.2, 0.25) is 5.02 Å². The molecular formula is C23H20ClN3O5. The summed E-state index contributed by atoms with van der Waals surface area (Å²) in [6, 6.07) is 12.0. The highest BCUT2D eigenvalue weighted by Gasteiger charge is 2.53. The number of carbonyl (C=O) groups is 3. The summed E-state index contributed by atoms with van der Waals surface area (Å²) >= 11 is 6.28. The van der Waals surface area contributed by atoms with Gasteiger partial charge in [0.05, 0.1) is 23.3 Å². The Hall–Kier alpha value is -3.52. The first-order valence-corrected chi connectivity index (χ1v) is 10.5. The molecule has 0 bridgehead atoms. The zero-order valence-corrected chi connectivity index (χ0v) is 17.9. The third-order valence-corrected chi connectivity index (χ3v) is 6.28. The number of hydrogen-bond acceptors (Lipinski definition) is 5. The number of nitrogens with zero attached hydrogens (tertiary/aromatic N) is 3. The zero-order chi connectivity index (χ0) is 23.0. The lowest BCUT2D eigenvalue weighted by Gasteiger charge is -2.31. The second kappa shape index (κ2) is 8.55. The molecule has 8 nitrogen and oxygen atoms in total. The van der Waals surface area contributed by atoms with Crippen molar-refractivity contribution >= 4 is 35.0 Å². The highest BCUT2D eigenvalue weighted by molar-refractivity contribution is 6.31. The number of hydrogen-bond donors (Lipinski definition) is 0. The maximum absolute atomic E-state index is 13.5. The topological polar surface area (TPSA) is 101 Å². The van der Waals surface area contributed by atoms with E-state index < -0.39 is 34.5 Å². The van der Waals surface area contributed by atoms with Gasteiger partial charge in [-0.1, -0.05) is 54.9 Å². The van der Waals surface area contributed by atoms with Gasteiger partial charge in [-0.15, -0.1) is 0 Å². The fourth-order valence-corrected chi connectivity index (χ4v) is 4.49. The van der Waals surface area contributed by atoms with Crippen molar-refractivity contribution in [3.63, 3.8) is 0 Å². The summed E-state index contributed by atoms with van der Waals surface area (Å²) in [5.74, 6) is -2.86. The van der Waals surface area contributed by atoms with Gasteiger partial charge in [0.2, 0.25) is 0 Å². The van der Waals surface area contributed by atoms with Crippen LogP contribution in [0.4, 0.5) is 5.69 Å². The van der Waals surface area contributed by atoms with Crippen LogP contribution in [0, 0.1) is 27.9 Å². The van der Waals surface area contributed by atoms with Crippen molar-refractivity contribution in [2.45, 2.75) is 19.9 Å². The van der Waals surface area contributed by atoms with Crippen LogP contribution in [0.5, 0.6) is 0 Å². The number of hydrazine groups is 1. The molecular weight excluding hydrogens is 434 g/mol. The van der Waals surface area contributed by atoms with Crippen LogP contribution in [-0.2, 0) is 16.1 Å². The maximum atomic E-state index is 13.5. The van der Waals surface area contributed by atoms with Gasteiger partial charge in [0.1, 0.15) is 0 Å². The molecule has 3 atom stereocenters. The minimum absolute atomic E-state index is 0.00658. The molecule has 3 amide bonds. The van der Waals surface area contributed by atoms with Crippen LogP contribution in [0.3, 0.4) is 0 Å². The number of fused-ring (bicyclic) bond motifs is 1. The zero-order valence-electron chi connectivity index (χ0n) is 17.2. The van der Waals surface area contributed by atoms with Crippen molar-refractivity contribution in [2.75, 3.05) is 0 Å². The standard InChI is InChI=1S/C23H20ClN3O5/c1-14-6-4-10-18-20(14)23(30)26(22(18)29)25(13-16-7-2-3-11-19(16)24)21(28)15-8-5-9-17(12-15)27(31)32/h2-9,11-12,14,18,20H,10,13H2,1H3/t14-,18+,20+/m1/s1. The molecule has 1 aliphatic heterocycles. The average molecular weight is 454 g/mol. The van der Waals surface area contributed by atoms with Crippen molar-refractivity contribution in [2.24, 2.45) is 17.8 Å². The van der Waals surface area contributed by atoms with E-state index in [0.717, 1.165) is 16.1 Å². The molecule has 2 aromatic rings. The molecule has 32 heavy (non-hydrogen) atoms. The molecule has 0 saturated carbocycles. The van der Waals surface area contributed by atoms with E-state index in [0.29, 0.717) is 17.0 Å². The summed E-state index contributed by atoms with van der Waals surface area (Å²) in [5.41, 5.74) is 0.265. The molecule has 0 aromatic heterocycles. The largest absolute Gasteiger partial charge is 0.273 e. The van der Waals surface area contributed by atoms with E-state index in [4.69, 9.17) is 11.6 Å². The van der Waals surface area contributed by atoms with Gasteiger partial charge in [-0.3, -0.25) is 24.5 Å². The first-order chi connectivity index (χ1) is 15.3. The summed E-state index contributed by atoms with van der Waals surface area (Å²) in [7, 11) is 0. The van der Waals surface area contributed by atoms with E-state index in [-0.39, 0.29) is 23.7 Å². The molecule has 2 aromatic carbocycles. The van der Waals surface area contributed by atoms with Crippen molar-refractivity contribution in [3.05, 3.63) is 86.9 Å². The summed E-state index contributed by atoms with van der Waals surface area (Å²) in [6.45, 7) is 1.72. The van der Waals surface area contributed by atoms with Crippen molar-refractivity contribution < 1.29 is 19.3 Å². The SMILES string of the molecule is C[C@@H]1C=CC[C@@H]2C(=O)N(N(Cc3ccccc3Cl)C(=O)c3cccc([N+](=O)[O-])c3)C(=O)[C@@H]12. The number of nitro benzene ring substituents is 1. The van der Waals surface area contributed by atoms with E-state index in [2.05, 4.69) is 0 Å². The predicted octanol–water partition coefficient (Wildman–Crippen LogP) is 4.00. The Morgan fingerprint density at radius 2 is 1.94 bits per heavy atom. The lowest BCUT2D eigenvalue weighted by molar-refractivity contribution is -0.384. The number of carbonyl (C=O) groups excluding carboxylic acids is 3. The summed E-state index contributed by atoms with van der Waals surface area (Å²) in [6.07, 6.45) is 4.19. The Balaban J connectivity index is 1.76. The second-order valence-corrected chi connectivity index (χ2v) is 8.31. The Labute approximate surface area is 189 Å². The number of nitro groups is 1. The summed E-state index contributed by atoms with van der Waals surface area (Å²) < 4.78 is 0. The molecule has 0 N–H and O–H groups in total. The molecule has 0 unspecified atom stereocenters. The highest BCUT2D eigenvalue weighted by Crippen LogP contribution is 2.40. The molecule has 2 aliphatic rings. The van der Waals surface area contributed by atoms with E-state index in [1.807, 2.05) is 19.1 Å². The van der Waals surface area contributed by atoms with Gasteiger partial charge in [0.25, 0.3) is 23.4 Å². The molecule has 0 radical (unpaired) electrons. The van der Waals surface area contributed by atoms with Gasteiger partial charge < -0.3 is 0 Å². The summed E-state index contributed by atoms with van der Waals surface area (Å²) in [4.78, 5) is 50.7. The molecule has 1 saturated heterocycles. The number of non-ortho nitro benzene ring substituents is 1. The van der Waals surface area contributed by atoms with Gasteiger partial charge in [-0.05, 0) is 30.0 Å². The summed E-state index contributed by atoms with van der Waals surface area (Å²) in [5, 5.41) is 13.5. The van der Waals surface area contributed by atoms with Crippen LogP contribution < -0.4 is 0 Å². The molecule has 9 heteroatoms. The minimum atomic E-state index is -0.699. The fraction of sp³-hybridized carbons (Fsp3) is 0.261. The molecule has 1 fully saturated rings. The fourth-order valence-electron chi connectivity index (χ4n) is 4.29. The van der Waals surface area contributed by atoms with E-state index in [9.17, 15) is 24.5 Å². The smallest absolute Gasteiger partial charge is 0.272 e. The van der Waals surface area contributed by atoms with Gasteiger partial charge in [-0.2, -0.15) is 5.01 Å². The minimum Gasteiger partial charge on any atom is -0.272 e. The van der Waals surface area contributed by atoms with Crippen molar-refractivity contribution in [3.8, 4) is 0 Å². The van der Waals surface area contributed by atoms with Crippen LogP contribution in [0.15, 0.2) is 60.7 Å². The average Bonchev–Trinajstić information content (AvgIpc) is 3.04. The predicted molar refractivity (Wildman–Crippen MR) is 116 cm³/mol. The van der Waals surface area contributed by atoms with Crippen molar-refractivity contribution in [1.82, 2.24) is 10.0 Å². The van der Waals surface area contributed by atoms with Gasteiger partial charge in [-0.25, -0.2) is 5.01 Å². The Kier molecular flexibility index (Phi) is 5.80. The highest BCUT2D eigenvalue weighted by atomic mass is 35.5. The number of amides is 3. The van der Waals surface area contributed by atoms with E-state index >= 15 is 0 Å². The number of halogens is 1. The quantitative estimate of drug-likeness (QED) is 0.295. The van der Waals surface area contributed by atoms with E-state index in [1.165, 1.54) is 18.2 Å². The molecule has 164 valence electrons. The van der Waals surface area contributed by atoms with Crippen LogP contribution in [-0.4, -0.2) is 32.7 Å². The molecule has 0 spiro atoms. The van der Waals surface area contributed by atoms with Gasteiger partial charge in [0.15, 0.2) is 0 Å². The number of rotatable bonds is 5. The van der Waals surface area contributed by atoms with Crippen LogP contribution in [0.1, 0.15) is 29.3 Å². The third-order valence-electron chi connectivity index (χ3n) is 5.91. The maximum Gasteiger partial charge on any atom is 0.273 e. The first kappa shape index (κ1) is 21.7. The number of benzene rings is 2. The van der Waals surface area contributed by atoms with Crippen LogP contribution in [0.25, 0.3) is 0 Å². The Morgan fingerprint density at radius 1 is 1.19 bits per heavy atom. The molecule has 1 aliphatic carbocycles. The molecule has 4 rings (SSSR count). The van der Waals surface area contributed by atoms with Crippen molar-refractivity contribution in [1.29, 1.82) is 0 Å². The normalized spacial score (nSPS) is 22.1. The van der Waals surface area contributed by atoms with E-state index in [1.54, 1.807) is 24.3 Å². The monoisotopic (exact) mass is 453 g/mol. The Morgan fingerprint density at radius 3 is 2.62 bits per heavy atom. The first-order valence-electron chi connectivity index (χ1n) is 10.1.